The summed E-state index contributed by atoms with van der Waals surface area (Å²) in [7, 11) is 1.35. The van der Waals surface area contributed by atoms with Crippen molar-refractivity contribution in [3.63, 3.8) is 0 Å². The summed E-state index contributed by atoms with van der Waals surface area (Å²) in [4.78, 5) is 31.6. The van der Waals surface area contributed by atoms with Crippen molar-refractivity contribution in [3.8, 4) is 0 Å². The number of methoxy groups -OCH3 is 1. The Hall–Kier alpha value is -2.13. The van der Waals surface area contributed by atoms with E-state index in [9.17, 15) is 14.4 Å². The molecule has 1 unspecified atom stereocenters. The van der Waals surface area contributed by atoms with Crippen LogP contribution in [0.4, 0.5) is 0 Å². The van der Waals surface area contributed by atoms with E-state index in [0.717, 1.165) is 6.26 Å². The van der Waals surface area contributed by atoms with Gasteiger partial charge in [-0.2, -0.15) is 0 Å². The van der Waals surface area contributed by atoms with Crippen molar-refractivity contribution in [1.82, 2.24) is 0 Å². The lowest BCUT2D eigenvalue weighted by molar-refractivity contribution is -0.296. The van der Waals surface area contributed by atoms with E-state index in [2.05, 4.69) is 11.3 Å². The monoisotopic (exact) mass is 304 g/mol. The fourth-order valence-corrected chi connectivity index (χ4v) is 2.04. The fraction of sp³-hybridized carbons (Fsp3) is 0.583. The molecule has 0 aromatic heterocycles. The highest BCUT2D eigenvalue weighted by Crippen LogP contribution is 2.28. The van der Waals surface area contributed by atoms with E-state index in [0.29, 0.717) is 0 Å². The van der Waals surface area contributed by atoms with Gasteiger partial charge < -0.3 is 28.4 Å². The minimum absolute atomic E-state index is 0.168. The molecule has 1 aliphatic heterocycles. The van der Waals surface area contributed by atoms with Gasteiger partial charge in [0, 0.05) is 7.11 Å². The van der Waals surface area contributed by atoms with Crippen molar-refractivity contribution in [2.24, 2.45) is 0 Å². The first kappa shape index (κ1) is 16.9. The summed E-state index contributed by atoms with van der Waals surface area (Å²) < 4.78 is 30.2. The second kappa shape index (κ2) is 8.93. The Balaban J connectivity index is 3.01. The first-order valence-electron chi connectivity index (χ1n) is 5.91. The molecule has 0 aromatic carbocycles. The Bertz CT molecular complexity index is 359. The van der Waals surface area contributed by atoms with Gasteiger partial charge in [0.2, 0.25) is 0 Å². The summed E-state index contributed by atoms with van der Waals surface area (Å²) in [5.41, 5.74) is 0. The summed E-state index contributed by atoms with van der Waals surface area (Å²) in [6.07, 6.45) is -3.69. The Kier molecular flexibility index (Phi) is 7.19. The molecule has 0 spiro atoms. The van der Waals surface area contributed by atoms with Crippen molar-refractivity contribution < 1.29 is 42.8 Å². The summed E-state index contributed by atoms with van der Waals surface area (Å²) in [6, 6.07) is 0. The second-order valence-corrected chi connectivity index (χ2v) is 3.87. The number of carbonyl (C=O) groups is 3. The van der Waals surface area contributed by atoms with Crippen LogP contribution in [0.3, 0.4) is 0 Å². The van der Waals surface area contributed by atoms with E-state index in [1.807, 2.05) is 0 Å². The van der Waals surface area contributed by atoms with Crippen LogP contribution in [0.25, 0.3) is 0 Å². The van der Waals surface area contributed by atoms with Crippen LogP contribution in [0, 0.1) is 0 Å². The summed E-state index contributed by atoms with van der Waals surface area (Å²) in [5.74, 6) is 0. The fourth-order valence-electron chi connectivity index (χ4n) is 2.04. The van der Waals surface area contributed by atoms with Gasteiger partial charge in [-0.25, -0.2) is 0 Å². The molecule has 1 fully saturated rings. The number of hydrogen-bond donors (Lipinski definition) is 0. The SMILES string of the molecule is C=CO[C@H]1C(OC)O[C@H](COC=O)[C@@H](OC=O)[C@@H]1OC=O. The number of rotatable bonds is 10. The van der Waals surface area contributed by atoms with Gasteiger partial charge in [-0.05, 0) is 0 Å². The zero-order chi connectivity index (χ0) is 15.7. The Morgan fingerprint density at radius 2 is 1.67 bits per heavy atom. The Morgan fingerprint density at radius 3 is 2.19 bits per heavy atom. The number of ether oxygens (including phenoxy) is 6. The molecular weight excluding hydrogens is 288 g/mol. The van der Waals surface area contributed by atoms with Crippen LogP contribution < -0.4 is 0 Å². The molecule has 0 aliphatic carbocycles. The Labute approximate surface area is 120 Å². The first-order chi connectivity index (χ1) is 10.2. The zero-order valence-corrected chi connectivity index (χ0v) is 11.3. The summed E-state index contributed by atoms with van der Waals surface area (Å²) in [5, 5.41) is 0. The van der Waals surface area contributed by atoms with Gasteiger partial charge in [0.1, 0.15) is 12.7 Å². The van der Waals surface area contributed by atoms with E-state index >= 15 is 0 Å². The molecule has 1 saturated heterocycles. The maximum atomic E-state index is 10.7. The van der Waals surface area contributed by atoms with Gasteiger partial charge in [0.05, 0.1) is 6.26 Å². The lowest BCUT2D eigenvalue weighted by atomic mass is 9.98. The van der Waals surface area contributed by atoms with Gasteiger partial charge in [-0.15, -0.1) is 0 Å². The highest BCUT2D eigenvalue weighted by molar-refractivity contribution is 5.40. The molecule has 5 atom stereocenters. The average Bonchev–Trinajstić information content (AvgIpc) is 2.49. The van der Waals surface area contributed by atoms with Crippen LogP contribution in [0.1, 0.15) is 0 Å². The van der Waals surface area contributed by atoms with Crippen LogP contribution >= 0.6 is 0 Å². The van der Waals surface area contributed by atoms with Crippen molar-refractivity contribution in [2.45, 2.75) is 30.7 Å². The Morgan fingerprint density at radius 1 is 1.00 bits per heavy atom. The zero-order valence-electron chi connectivity index (χ0n) is 11.3. The predicted molar refractivity (Wildman–Crippen MR) is 64.6 cm³/mol. The number of carbonyl (C=O) groups excluding carboxylic acids is 3. The van der Waals surface area contributed by atoms with Crippen molar-refractivity contribution >= 4 is 19.4 Å². The number of hydrogen-bond acceptors (Lipinski definition) is 9. The van der Waals surface area contributed by atoms with Crippen LogP contribution in [0.2, 0.25) is 0 Å². The highest BCUT2D eigenvalue weighted by Gasteiger charge is 2.50. The molecule has 9 nitrogen and oxygen atoms in total. The molecule has 0 bridgehead atoms. The molecule has 1 rings (SSSR count). The van der Waals surface area contributed by atoms with Gasteiger partial charge in [-0.3, -0.25) is 14.4 Å². The highest BCUT2D eigenvalue weighted by atomic mass is 16.7. The molecule has 0 N–H and O–H groups in total. The first-order valence-corrected chi connectivity index (χ1v) is 5.91. The third kappa shape index (κ3) is 4.17. The maximum absolute atomic E-state index is 10.7. The molecule has 0 aromatic rings. The third-order valence-corrected chi connectivity index (χ3v) is 2.83. The molecule has 1 aliphatic rings. The van der Waals surface area contributed by atoms with Crippen LogP contribution in [-0.4, -0.2) is 63.8 Å². The topological polar surface area (TPSA) is 107 Å². The second-order valence-electron chi connectivity index (χ2n) is 3.87. The van der Waals surface area contributed by atoms with E-state index in [-0.39, 0.29) is 26.0 Å². The van der Waals surface area contributed by atoms with Crippen molar-refractivity contribution in [3.05, 3.63) is 12.8 Å². The van der Waals surface area contributed by atoms with E-state index in [1.165, 1.54) is 7.11 Å². The predicted octanol–water partition coefficient (Wildman–Crippen LogP) is -0.857. The molecule has 118 valence electrons. The van der Waals surface area contributed by atoms with Gasteiger partial charge in [-0.1, -0.05) is 6.58 Å². The van der Waals surface area contributed by atoms with Gasteiger partial charge in [0.25, 0.3) is 19.4 Å². The summed E-state index contributed by atoms with van der Waals surface area (Å²) in [6.45, 7) is 3.74. The molecule has 0 saturated carbocycles. The smallest absolute Gasteiger partial charge is 0.293 e. The molecule has 1 heterocycles. The lowest BCUT2D eigenvalue weighted by Gasteiger charge is -2.42. The van der Waals surface area contributed by atoms with Crippen molar-refractivity contribution in [1.29, 1.82) is 0 Å². The van der Waals surface area contributed by atoms with E-state index < -0.39 is 30.7 Å². The minimum Gasteiger partial charge on any atom is -0.489 e. The van der Waals surface area contributed by atoms with E-state index in [4.69, 9.17) is 23.7 Å². The normalized spacial score (nSPS) is 31.6. The quantitative estimate of drug-likeness (QED) is 0.289. The molecular formula is C12H16O9. The lowest BCUT2D eigenvalue weighted by Crippen LogP contribution is -2.61. The van der Waals surface area contributed by atoms with Crippen LogP contribution in [0.15, 0.2) is 12.8 Å². The third-order valence-electron chi connectivity index (χ3n) is 2.83. The average molecular weight is 304 g/mol. The van der Waals surface area contributed by atoms with E-state index in [1.54, 1.807) is 0 Å². The molecule has 21 heavy (non-hydrogen) atoms. The van der Waals surface area contributed by atoms with Crippen LogP contribution in [-0.2, 0) is 42.8 Å². The van der Waals surface area contributed by atoms with Crippen LogP contribution in [0.5, 0.6) is 0 Å². The standard InChI is InChI=1S/C12H16O9/c1-3-18-11-10(20-7-15)9(19-6-14)8(4-17-5-13)21-12(11)16-2/h3,5-12H,1,4H2,2H3/t8-,9-,10+,11-,12?/m1/s1. The van der Waals surface area contributed by atoms with Gasteiger partial charge >= 0.3 is 0 Å². The molecule has 9 heteroatoms. The molecule has 0 amide bonds. The largest absolute Gasteiger partial charge is 0.489 e. The van der Waals surface area contributed by atoms with Crippen molar-refractivity contribution in [2.75, 3.05) is 13.7 Å². The molecule has 0 radical (unpaired) electrons. The summed E-state index contributed by atoms with van der Waals surface area (Å²) >= 11 is 0. The minimum atomic E-state index is -1.04. The van der Waals surface area contributed by atoms with Gasteiger partial charge in [0.15, 0.2) is 24.6 Å². The maximum Gasteiger partial charge on any atom is 0.293 e.